The normalized spacial score (nSPS) is 11.2. The van der Waals surface area contributed by atoms with E-state index in [0.717, 1.165) is 21.5 Å². The fourth-order valence-corrected chi connectivity index (χ4v) is 4.61. The summed E-state index contributed by atoms with van der Waals surface area (Å²) in [5.41, 5.74) is 3.70. The Morgan fingerprint density at radius 3 is 1.29 bits per heavy atom. The van der Waals surface area contributed by atoms with Crippen LogP contribution >= 0.6 is 0 Å². The van der Waals surface area contributed by atoms with Crippen molar-refractivity contribution < 1.29 is 10.2 Å². The SMILES string of the molecule is Oc1c(-c2ccccn2)cc2ccccc2c1-c1c(O)c(-c2ccccn2)cc2ccccc12. The molecule has 0 amide bonds. The Bertz CT molecular complexity index is 1540. The zero-order valence-corrected chi connectivity index (χ0v) is 18.2. The van der Waals surface area contributed by atoms with Crippen LogP contribution in [0.15, 0.2) is 109 Å². The lowest BCUT2D eigenvalue weighted by atomic mass is 9.87. The highest BCUT2D eigenvalue weighted by Crippen LogP contribution is 2.50. The molecular weight excluding hydrogens is 420 g/mol. The number of phenolic OH excluding ortho intramolecular Hbond substituents is 2. The first-order valence-corrected chi connectivity index (χ1v) is 11.0. The maximum atomic E-state index is 11.7. The minimum atomic E-state index is 0.0797. The first kappa shape index (κ1) is 19.9. The fourth-order valence-electron chi connectivity index (χ4n) is 4.61. The van der Waals surface area contributed by atoms with Gasteiger partial charge in [-0.2, -0.15) is 0 Å². The van der Waals surface area contributed by atoms with Gasteiger partial charge in [-0.1, -0.05) is 60.7 Å². The molecular formula is C30H20N2O2. The van der Waals surface area contributed by atoms with E-state index < -0.39 is 0 Å². The minimum Gasteiger partial charge on any atom is -0.507 e. The first-order valence-electron chi connectivity index (χ1n) is 11.0. The van der Waals surface area contributed by atoms with Crippen molar-refractivity contribution in [2.45, 2.75) is 0 Å². The van der Waals surface area contributed by atoms with Crippen LogP contribution in [0.25, 0.3) is 55.2 Å². The standard InChI is InChI=1S/C30H20N2O2/c33-29-23(25-13-5-7-15-31-25)17-19-9-1-3-11-21(19)27(29)28-22-12-4-2-10-20(22)18-24(30(28)34)26-14-6-8-16-32-26/h1-18,33-34H. The molecule has 0 saturated heterocycles. The van der Waals surface area contributed by atoms with Crippen LogP contribution in [-0.4, -0.2) is 20.2 Å². The molecule has 34 heavy (non-hydrogen) atoms. The van der Waals surface area contributed by atoms with Gasteiger partial charge in [0.15, 0.2) is 0 Å². The smallest absolute Gasteiger partial charge is 0.133 e. The third kappa shape index (κ3) is 3.16. The summed E-state index contributed by atoms with van der Waals surface area (Å²) in [7, 11) is 0. The third-order valence-corrected chi connectivity index (χ3v) is 6.18. The molecule has 162 valence electrons. The van der Waals surface area contributed by atoms with Crippen molar-refractivity contribution in [3.63, 3.8) is 0 Å². The summed E-state index contributed by atoms with van der Waals surface area (Å²) in [6.45, 7) is 0. The average molecular weight is 441 g/mol. The molecule has 0 aliphatic rings. The number of pyridine rings is 2. The molecule has 0 unspecified atom stereocenters. The van der Waals surface area contributed by atoms with E-state index in [0.29, 0.717) is 33.6 Å². The second kappa shape index (κ2) is 8.01. The van der Waals surface area contributed by atoms with Crippen molar-refractivity contribution >= 4 is 21.5 Å². The summed E-state index contributed by atoms with van der Waals surface area (Å²) in [5.74, 6) is 0.159. The summed E-state index contributed by atoms with van der Waals surface area (Å²) in [6, 6.07) is 30.9. The van der Waals surface area contributed by atoms with Crippen LogP contribution in [0, 0.1) is 0 Å². The maximum absolute atomic E-state index is 11.7. The van der Waals surface area contributed by atoms with Gasteiger partial charge in [0.25, 0.3) is 0 Å². The van der Waals surface area contributed by atoms with Crippen LogP contribution < -0.4 is 0 Å². The first-order chi connectivity index (χ1) is 16.7. The van der Waals surface area contributed by atoms with Crippen molar-refractivity contribution in [1.82, 2.24) is 9.97 Å². The average Bonchev–Trinajstić information content (AvgIpc) is 2.90. The molecule has 0 spiro atoms. The van der Waals surface area contributed by atoms with E-state index in [1.54, 1.807) is 12.4 Å². The summed E-state index contributed by atoms with van der Waals surface area (Å²) in [4.78, 5) is 8.94. The van der Waals surface area contributed by atoms with Crippen molar-refractivity contribution in [1.29, 1.82) is 0 Å². The largest absolute Gasteiger partial charge is 0.507 e. The van der Waals surface area contributed by atoms with E-state index in [1.165, 1.54) is 0 Å². The van der Waals surface area contributed by atoms with Gasteiger partial charge in [0.2, 0.25) is 0 Å². The summed E-state index contributed by atoms with van der Waals surface area (Å²) >= 11 is 0. The predicted octanol–water partition coefficient (Wildman–Crippen LogP) is 7.20. The number of aromatic hydroxyl groups is 2. The molecule has 0 radical (unpaired) electrons. The summed E-state index contributed by atoms with van der Waals surface area (Å²) in [5, 5.41) is 26.9. The third-order valence-electron chi connectivity index (χ3n) is 6.18. The molecule has 6 rings (SSSR count). The van der Waals surface area contributed by atoms with Crippen LogP contribution in [0.2, 0.25) is 0 Å². The number of rotatable bonds is 3. The number of hydrogen-bond acceptors (Lipinski definition) is 4. The van der Waals surface area contributed by atoms with E-state index in [9.17, 15) is 10.2 Å². The Labute approximate surface area is 196 Å². The van der Waals surface area contributed by atoms with E-state index in [4.69, 9.17) is 0 Å². The number of fused-ring (bicyclic) bond motifs is 2. The van der Waals surface area contributed by atoms with Crippen LogP contribution in [0.5, 0.6) is 11.5 Å². The van der Waals surface area contributed by atoms with Crippen molar-refractivity contribution in [2.75, 3.05) is 0 Å². The van der Waals surface area contributed by atoms with Gasteiger partial charge >= 0.3 is 0 Å². The predicted molar refractivity (Wildman–Crippen MR) is 137 cm³/mol. The number of aromatic nitrogens is 2. The highest BCUT2D eigenvalue weighted by Gasteiger charge is 2.23. The van der Waals surface area contributed by atoms with E-state index in [-0.39, 0.29) is 11.5 Å². The van der Waals surface area contributed by atoms with Crippen LogP contribution in [0.4, 0.5) is 0 Å². The Balaban J connectivity index is 1.78. The molecule has 4 nitrogen and oxygen atoms in total. The molecule has 4 aromatic carbocycles. The Morgan fingerprint density at radius 1 is 0.471 bits per heavy atom. The summed E-state index contributed by atoms with van der Waals surface area (Å²) < 4.78 is 0. The Morgan fingerprint density at radius 2 is 0.882 bits per heavy atom. The van der Waals surface area contributed by atoms with Gasteiger partial charge in [-0.15, -0.1) is 0 Å². The quantitative estimate of drug-likeness (QED) is 0.305. The van der Waals surface area contributed by atoms with Gasteiger partial charge in [-0.3, -0.25) is 9.97 Å². The molecule has 2 N–H and O–H groups in total. The second-order valence-electron chi connectivity index (χ2n) is 8.17. The molecule has 6 aromatic rings. The molecule has 0 saturated carbocycles. The zero-order valence-electron chi connectivity index (χ0n) is 18.2. The number of benzene rings is 4. The molecule has 0 fully saturated rings. The molecule has 4 heteroatoms. The molecule has 0 atom stereocenters. The molecule has 2 heterocycles. The van der Waals surface area contributed by atoms with Gasteiger partial charge in [-0.25, -0.2) is 0 Å². The minimum absolute atomic E-state index is 0.0797. The van der Waals surface area contributed by atoms with Crippen LogP contribution in [0.1, 0.15) is 0 Å². The lowest BCUT2D eigenvalue weighted by molar-refractivity contribution is 0.472. The van der Waals surface area contributed by atoms with Gasteiger partial charge in [0.05, 0.1) is 11.4 Å². The monoisotopic (exact) mass is 440 g/mol. The molecule has 0 aliphatic carbocycles. The van der Waals surface area contributed by atoms with Gasteiger partial charge in [-0.05, 0) is 57.9 Å². The lowest BCUT2D eigenvalue weighted by Gasteiger charge is -2.19. The number of phenols is 2. The maximum Gasteiger partial charge on any atom is 0.133 e. The van der Waals surface area contributed by atoms with E-state index >= 15 is 0 Å². The Hall–Kier alpha value is -4.70. The number of nitrogens with zero attached hydrogens (tertiary/aromatic N) is 2. The van der Waals surface area contributed by atoms with Crippen molar-refractivity contribution in [3.8, 4) is 45.1 Å². The van der Waals surface area contributed by atoms with Gasteiger partial charge in [0.1, 0.15) is 11.5 Å². The molecule has 0 aliphatic heterocycles. The van der Waals surface area contributed by atoms with Gasteiger partial charge < -0.3 is 10.2 Å². The number of hydrogen-bond donors (Lipinski definition) is 2. The second-order valence-corrected chi connectivity index (χ2v) is 8.17. The highest BCUT2D eigenvalue weighted by atomic mass is 16.3. The molecule has 0 bridgehead atoms. The zero-order chi connectivity index (χ0) is 23.1. The van der Waals surface area contributed by atoms with Crippen molar-refractivity contribution in [3.05, 3.63) is 109 Å². The molecule has 2 aromatic heterocycles. The highest BCUT2D eigenvalue weighted by molar-refractivity contribution is 6.13. The summed E-state index contributed by atoms with van der Waals surface area (Å²) in [6.07, 6.45) is 3.41. The lowest BCUT2D eigenvalue weighted by Crippen LogP contribution is -1.93. The van der Waals surface area contributed by atoms with Crippen molar-refractivity contribution in [2.24, 2.45) is 0 Å². The Kier molecular flexibility index (Phi) is 4.70. The van der Waals surface area contributed by atoms with Crippen LogP contribution in [-0.2, 0) is 0 Å². The van der Waals surface area contributed by atoms with Gasteiger partial charge in [0, 0.05) is 34.6 Å². The van der Waals surface area contributed by atoms with E-state index in [2.05, 4.69) is 9.97 Å². The topological polar surface area (TPSA) is 66.2 Å². The fraction of sp³-hybridized carbons (Fsp3) is 0. The van der Waals surface area contributed by atoms with E-state index in [1.807, 2.05) is 97.1 Å². The van der Waals surface area contributed by atoms with Crippen LogP contribution in [0.3, 0.4) is 0 Å².